The molecule has 0 bridgehead atoms. The van der Waals surface area contributed by atoms with Crippen LogP contribution in [0.1, 0.15) is 35.6 Å². The first-order chi connectivity index (χ1) is 7.85. The summed E-state index contributed by atoms with van der Waals surface area (Å²) in [6, 6.07) is 4.15. The SMILES string of the molecule is CCCS(=O)(=O)NCc1cc(C)c(C)cc1C. The molecular weight excluding hydrogens is 234 g/mol. The van der Waals surface area contributed by atoms with Crippen molar-refractivity contribution in [2.75, 3.05) is 5.75 Å². The molecule has 0 heterocycles. The summed E-state index contributed by atoms with van der Waals surface area (Å²) >= 11 is 0. The Balaban J connectivity index is 2.80. The minimum absolute atomic E-state index is 0.191. The highest BCUT2D eigenvalue weighted by Crippen LogP contribution is 2.15. The van der Waals surface area contributed by atoms with Crippen LogP contribution in [0.4, 0.5) is 0 Å². The van der Waals surface area contributed by atoms with Crippen molar-refractivity contribution < 1.29 is 8.42 Å². The summed E-state index contributed by atoms with van der Waals surface area (Å²) in [6.07, 6.45) is 0.640. The molecule has 0 amide bonds. The van der Waals surface area contributed by atoms with Crippen LogP contribution in [0.5, 0.6) is 0 Å². The van der Waals surface area contributed by atoms with Crippen LogP contribution in [-0.2, 0) is 16.6 Å². The zero-order valence-corrected chi connectivity index (χ0v) is 11.8. The number of nitrogens with one attached hydrogen (secondary N) is 1. The molecule has 1 aromatic rings. The Morgan fingerprint density at radius 1 is 1.06 bits per heavy atom. The molecule has 4 heteroatoms. The molecule has 0 fully saturated rings. The molecule has 3 nitrogen and oxygen atoms in total. The Morgan fingerprint density at radius 3 is 2.24 bits per heavy atom. The first-order valence-corrected chi connectivity index (χ1v) is 7.55. The molecule has 17 heavy (non-hydrogen) atoms. The third kappa shape index (κ3) is 4.13. The van der Waals surface area contributed by atoms with Crippen molar-refractivity contribution in [1.29, 1.82) is 0 Å². The molecule has 1 rings (SSSR count). The summed E-state index contributed by atoms with van der Waals surface area (Å²) < 4.78 is 25.7. The minimum Gasteiger partial charge on any atom is -0.212 e. The summed E-state index contributed by atoms with van der Waals surface area (Å²) in [5.74, 6) is 0.191. The highest BCUT2D eigenvalue weighted by atomic mass is 32.2. The average Bonchev–Trinajstić information content (AvgIpc) is 2.21. The van der Waals surface area contributed by atoms with Crippen molar-refractivity contribution in [3.8, 4) is 0 Å². The van der Waals surface area contributed by atoms with Gasteiger partial charge < -0.3 is 0 Å². The van der Waals surface area contributed by atoms with Crippen LogP contribution in [0.15, 0.2) is 12.1 Å². The molecule has 0 saturated heterocycles. The smallest absolute Gasteiger partial charge is 0.211 e. The van der Waals surface area contributed by atoms with Gasteiger partial charge in [-0.1, -0.05) is 19.1 Å². The van der Waals surface area contributed by atoms with Gasteiger partial charge in [0.1, 0.15) is 0 Å². The fourth-order valence-corrected chi connectivity index (χ4v) is 2.80. The van der Waals surface area contributed by atoms with Crippen LogP contribution in [-0.4, -0.2) is 14.2 Å². The van der Waals surface area contributed by atoms with Crippen LogP contribution >= 0.6 is 0 Å². The van der Waals surface area contributed by atoms with Gasteiger partial charge >= 0.3 is 0 Å². The van der Waals surface area contributed by atoms with Gasteiger partial charge in [0, 0.05) is 6.54 Å². The highest BCUT2D eigenvalue weighted by molar-refractivity contribution is 7.89. The second-order valence-electron chi connectivity index (χ2n) is 4.50. The highest BCUT2D eigenvalue weighted by Gasteiger charge is 2.09. The molecule has 0 unspecified atom stereocenters. The van der Waals surface area contributed by atoms with E-state index in [0.29, 0.717) is 13.0 Å². The zero-order chi connectivity index (χ0) is 13.1. The lowest BCUT2D eigenvalue weighted by molar-refractivity contribution is 0.580. The van der Waals surface area contributed by atoms with Gasteiger partial charge in [0.25, 0.3) is 0 Å². The quantitative estimate of drug-likeness (QED) is 0.878. The molecule has 1 aromatic carbocycles. The van der Waals surface area contributed by atoms with E-state index in [1.807, 2.05) is 20.8 Å². The number of rotatable bonds is 5. The summed E-state index contributed by atoms with van der Waals surface area (Å²) in [6.45, 7) is 8.36. The van der Waals surface area contributed by atoms with Gasteiger partial charge in [-0.15, -0.1) is 0 Å². The van der Waals surface area contributed by atoms with Gasteiger partial charge in [0.05, 0.1) is 5.75 Å². The largest absolute Gasteiger partial charge is 0.212 e. The third-order valence-corrected chi connectivity index (χ3v) is 4.44. The van der Waals surface area contributed by atoms with Crippen molar-refractivity contribution in [3.63, 3.8) is 0 Å². The first kappa shape index (κ1) is 14.2. The lowest BCUT2D eigenvalue weighted by atomic mass is 10.0. The van der Waals surface area contributed by atoms with Gasteiger partial charge in [-0.05, 0) is 49.4 Å². The number of hydrogen-bond acceptors (Lipinski definition) is 2. The molecule has 0 saturated carbocycles. The van der Waals surface area contributed by atoms with Crippen molar-refractivity contribution in [1.82, 2.24) is 4.72 Å². The molecule has 96 valence electrons. The predicted octanol–water partition coefficient (Wildman–Crippen LogP) is 2.44. The molecular formula is C13H21NO2S. The van der Waals surface area contributed by atoms with Crippen molar-refractivity contribution in [2.24, 2.45) is 0 Å². The molecule has 0 aromatic heterocycles. The van der Waals surface area contributed by atoms with E-state index in [4.69, 9.17) is 0 Å². The van der Waals surface area contributed by atoms with Gasteiger partial charge in [-0.2, -0.15) is 0 Å². The first-order valence-electron chi connectivity index (χ1n) is 5.90. The Morgan fingerprint density at radius 2 is 1.65 bits per heavy atom. The average molecular weight is 255 g/mol. The zero-order valence-electron chi connectivity index (χ0n) is 11.0. The molecule has 0 spiro atoms. The van der Waals surface area contributed by atoms with Crippen LogP contribution in [0.3, 0.4) is 0 Å². The summed E-state index contributed by atoms with van der Waals surface area (Å²) in [7, 11) is -3.12. The molecule has 0 aliphatic carbocycles. The van der Waals surface area contributed by atoms with Gasteiger partial charge in [0.15, 0.2) is 0 Å². The lowest BCUT2D eigenvalue weighted by Crippen LogP contribution is -2.26. The molecule has 0 aliphatic rings. The van der Waals surface area contributed by atoms with E-state index < -0.39 is 10.0 Å². The van der Waals surface area contributed by atoms with E-state index in [0.717, 1.165) is 11.1 Å². The number of sulfonamides is 1. The fraction of sp³-hybridized carbons (Fsp3) is 0.538. The van der Waals surface area contributed by atoms with E-state index in [9.17, 15) is 8.42 Å². The van der Waals surface area contributed by atoms with Gasteiger partial charge in [-0.25, -0.2) is 13.1 Å². The Labute approximate surface area is 104 Å². The van der Waals surface area contributed by atoms with E-state index in [2.05, 4.69) is 23.8 Å². The van der Waals surface area contributed by atoms with E-state index in [-0.39, 0.29) is 5.75 Å². The molecule has 1 N–H and O–H groups in total. The van der Waals surface area contributed by atoms with Gasteiger partial charge in [0.2, 0.25) is 10.0 Å². The van der Waals surface area contributed by atoms with Gasteiger partial charge in [-0.3, -0.25) is 0 Å². The van der Waals surface area contributed by atoms with Crippen molar-refractivity contribution in [3.05, 3.63) is 34.4 Å². The predicted molar refractivity (Wildman–Crippen MR) is 71.6 cm³/mol. The van der Waals surface area contributed by atoms with Crippen molar-refractivity contribution in [2.45, 2.75) is 40.7 Å². The van der Waals surface area contributed by atoms with Crippen LogP contribution in [0, 0.1) is 20.8 Å². The van der Waals surface area contributed by atoms with E-state index in [1.165, 1.54) is 11.1 Å². The molecule has 0 atom stereocenters. The maximum Gasteiger partial charge on any atom is 0.211 e. The second-order valence-corrected chi connectivity index (χ2v) is 6.43. The molecule has 0 radical (unpaired) electrons. The lowest BCUT2D eigenvalue weighted by Gasteiger charge is -2.11. The summed E-state index contributed by atoms with van der Waals surface area (Å²) in [4.78, 5) is 0. The Bertz CT molecular complexity index is 492. The van der Waals surface area contributed by atoms with E-state index in [1.54, 1.807) is 0 Å². The second kappa shape index (κ2) is 5.65. The maximum atomic E-state index is 11.6. The monoisotopic (exact) mass is 255 g/mol. The number of benzene rings is 1. The normalized spacial score (nSPS) is 11.8. The van der Waals surface area contributed by atoms with Crippen LogP contribution < -0.4 is 4.72 Å². The number of hydrogen-bond donors (Lipinski definition) is 1. The summed E-state index contributed by atoms with van der Waals surface area (Å²) in [5, 5.41) is 0. The Hall–Kier alpha value is -0.870. The fourth-order valence-electron chi connectivity index (χ4n) is 1.74. The van der Waals surface area contributed by atoms with Crippen LogP contribution in [0.25, 0.3) is 0 Å². The topological polar surface area (TPSA) is 46.2 Å². The minimum atomic E-state index is -3.12. The number of aryl methyl sites for hydroxylation is 3. The van der Waals surface area contributed by atoms with Crippen molar-refractivity contribution >= 4 is 10.0 Å². The van der Waals surface area contributed by atoms with Crippen LogP contribution in [0.2, 0.25) is 0 Å². The molecule has 0 aliphatic heterocycles. The van der Waals surface area contributed by atoms with E-state index >= 15 is 0 Å². The third-order valence-electron chi connectivity index (χ3n) is 2.91. The maximum absolute atomic E-state index is 11.6. The standard InChI is InChI=1S/C13H21NO2S/c1-5-6-17(15,16)14-9-13-8-11(3)10(2)7-12(13)4/h7-8,14H,5-6,9H2,1-4H3. The summed E-state index contributed by atoms with van der Waals surface area (Å²) in [5.41, 5.74) is 4.61. The Kier molecular flexibility index (Phi) is 4.71.